The van der Waals surface area contributed by atoms with E-state index in [0.717, 1.165) is 31.6 Å². The van der Waals surface area contributed by atoms with Gasteiger partial charge >= 0.3 is 0 Å². The molecule has 1 heterocycles. The van der Waals surface area contributed by atoms with Crippen molar-refractivity contribution in [3.63, 3.8) is 0 Å². The fourth-order valence-corrected chi connectivity index (χ4v) is 4.07. The van der Waals surface area contributed by atoms with E-state index in [9.17, 15) is 8.42 Å². The van der Waals surface area contributed by atoms with Crippen LogP contribution in [0, 0.1) is 5.92 Å². The minimum Gasteiger partial charge on any atom is -0.396 e. The van der Waals surface area contributed by atoms with Crippen molar-refractivity contribution in [1.82, 2.24) is 14.5 Å². The average molecular weight is 315 g/mol. The van der Waals surface area contributed by atoms with E-state index in [-0.39, 0.29) is 17.5 Å². The Morgan fingerprint density at radius 1 is 1.38 bits per heavy atom. The first-order valence-corrected chi connectivity index (χ1v) is 9.19. The van der Waals surface area contributed by atoms with Crippen molar-refractivity contribution in [1.29, 1.82) is 0 Å². The lowest BCUT2D eigenvalue weighted by Crippen LogP contribution is -2.37. The largest absolute Gasteiger partial charge is 0.396 e. The zero-order chi connectivity index (χ0) is 15.3. The zero-order valence-electron chi connectivity index (χ0n) is 12.5. The van der Waals surface area contributed by atoms with Gasteiger partial charge in [-0.25, -0.2) is 13.1 Å². The van der Waals surface area contributed by atoms with Crippen LogP contribution >= 0.6 is 0 Å². The summed E-state index contributed by atoms with van der Waals surface area (Å²) in [5, 5.41) is 12.8. The van der Waals surface area contributed by atoms with Gasteiger partial charge in [-0.05, 0) is 38.0 Å². The molecule has 0 aliphatic heterocycles. The molecule has 21 heavy (non-hydrogen) atoms. The Kier molecular flexibility index (Phi) is 5.78. The van der Waals surface area contributed by atoms with Crippen LogP contribution in [0.3, 0.4) is 0 Å². The molecular weight excluding hydrogens is 290 g/mol. The Balaban J connectivity index is 1.94. The number of hydrogen-bond acceptors (Lipinski definition) is 4. The lowest BCUT2D eigenvalue weighted by molar-refractivity contribution is 0.277. The summed E-state index contributed by atoms with van der Waals surface area (Å²) in [5.41, 5.74) is 0. The van der Waals surface area contributed by atoms with Crippen molar-refractivity contribution >= 4 is 10.0 Å². The Bertz CT molecular complexity index is 533. The van der Waals surface area contributed by atoms with Gasteiger partial charge in [-0.2, -0.15) is 5.10 Å². The van der Waals surface area contributed by atoms with Crippen LogP contribution in [0.25, 0.3) is 0 Å². The van der Waals surface area contributed by atoms with Crippen LogP contribution in [0.4, 0.5) is 0 Å². The lowest BCUT2D eigenvalue weighted by atomic mass is 9.85. The quantitative estimate of drug-likeness (QED) is 0.799. The molecule has 0 saturated heterocycles. The van der Waals surface area contributed by atoms with Crippen LogP contribution in [0.1, 0.15) is 45.4 Å². The van der Waals surface area contributed by atoms with Gasteiger partial charge in [0.1, 0.15) is 4.90 Å². The lowest BCUT2D eigenvalue weighted by Gasteiger charge is -2.27. The molecule has 120 valence electrons. The van der Waals surface area contributed by atoms with Gasteiger partial charge in [0.2, 0.25) is 10.0 Å². The minimum absolute atomic E-state index is 0.0404. The smallest absolute Gasteiger partial charge is 0.243 e. The third kappa shape index (κ3) is 4.52. The molecule has 0 atom stereocenters. The molecule has 1 aromatic heterocycles. The van der Waals surface area contributed by atoms with Crippen molar-refractivity contribution in [3.8, 4) is 0 Å². The molecule has 2 N–H and O–H groups in total. The second-order valence-electron chi connectivity index (χ2n) is 5.76. The van der Waals surface area contributed by atoms with E-state index in [1.807, 2.05) is 0 Å². The van der Waals surface area contributed by atoms with Gasteiger partial charge in [-0.3, -0.25) is 4.68 Å². The van der Waals surface area contributed by atoms with Crippen LogP contribution in [-0.4, -0.2) is 36.0 Å². The van der Waals surface area contributed by atoms with Gasteiger partial charge in [0, 0.05) is 25.4 Å². The Morgan fingerprint density at radius 3 is 2.71 bits per heavy atom. The molecule has 1 fully saturated rings. The number of hydrogen-bond donors (Lipinski definition) is 2. The highest BCUT2D eigenvalue weighted by atomic mass is 32.2. The molecule has 2 rings (SSSR count). The van der Waals surface area contributed by atoms with Gasteiger partial charge in [0.25, 0.3) is 0 Å². The molecule has 0 aromatic carbocycles. The molecule has 0 amide bonds. The highest BCUT2D eigenvalue weighted by Gasteiger charge is 2.25. The molecule has 0 bridgehead atoms. The van der Waals surface area contributed by atoms with E-state index < -0.39 is 10.0 Å². The molecule has 1 aliphatic carbocycles. The summed E-state index contributed by atoms with van der Waals surface area (Å²) in [4.78, 5) is 0.207. The number of aliphatic hydroxyl groups is 1. The maximum absolute atomic E-state index is 12.3. The molecule has 7 heteroatoms. The predicted molar refractivity (Wildman–Crippen MR) is 80.3 cm³/mol. The fourth-order valence-electron chi connectivity index (χ4n) is 2.81. The first-order chi connectivity index (χ1) is 10.0. The average Bonchev–Trinajstić information content (AvgIpc) is 2.95. The summed E-state index contributed by atoms with van der Waals surface area (Å²) in [5.74, 6) is 0.743. The molecule has 6 nitrogen and oxygen atoms in total. The fraction of sp³-hybridized carbons (Fsp3) is 0.786. The van der Waals surface area contributed by atoms with Crippen LogP contribution in [0.15, 0.2) is 17.3 Å². The summed E-state index contributed by atoms with van der Waals surface area (Å²) in [6.45, 7) is 2.78. The van der Waals surface area contributed by atoms with Crippen molar-refractivity contribution in [2.45, 2.75) is 62.9 Å². The van der Waals surface area contributed by atoms with Crippen LogP contribution in [0.2, 0.25) is 0 Å². The number of aliphatic hydroxyl groups excluding tert-OH is 1. The topological polar surface area (TPSA) is 84.2 Å². The number of aromatic nitrogens is 2. The van der Waals surface area contributed by atoms with E-state index in [1.165, 1.54) is 18.8 Å². The number of aryl methyl sites for hydroxylation is 1. The van der Waals surface area contributed by atoms with Crippen molar-refractivity contribution in [2.24, 2.45) is 5.92 Å². The number of nitrogens with one attached hydrogen (secondary N) is 1. The molecule has 0 unspecified atom stereocenters. The number of rotatable bonds is 7. The second-order valence-corrected chi connectivity index (χ2v) is 7.48. The first kappa shape index (κ1) is 16.5. The standard InChI is InChI=1S/C14H25N3O3S/c1-2-12-4-6-13(7-5-12)16-21(19,20)14-10-15-17(11-14)8-3-9-18/h10-13,16,18H,2-9H2,1H3. The SMILES string of the molecule is CCC1CCC(NS(=O)(=O)c2cnn(CCCO)c2)CC1. The Labute approximate surface area is 126 Å². The second kappa shape index (κ2) is 7.38. The Hall–Kier alpha value is -0.920. The summed E-state index contributed by atoms with van der Waals surface area (Å²) < 4.78 is 29.0. The monoisotopic (exact) mass is 315 g/mol. The van der Waals surface area contributed by atoms with Gasteiger partial charge in [0.05, 0.1) is 6.20 Å². The van der Waals surface area contributed by atoms with Crippen molar-refractivity contribution in [2.75, 3.05) is 6.61 Å². The van der Waals surface area contributed by atoms with E-state index in [0.29, 0.717) is 13.0 Å². The maximum atomic E-state index is 12.3. The highest BCUT2D eigenvalue weighted by molar-refractivity contribution is 7.89. The maximum Gasteiger partial charge on any atom is 0.243 e. The summed E-state index contributed by atoms with van der Waals surface area (Å²) in [6, 6.07) is 0.0404. The van der Waals surface area contributed by atoms with Gasteiger partial charge < -0.3 is 5.11 Å². The third-order valence-corrected chi connectivity index (χ3v) is 5.69. The third-order valence-electron chi connectivity index (χ3n) is 4.21. The molecule has 1 aliphatic rings. The number of sulfonamides is 1. The first-order valence-electron chi connectivity index (χ1n) is 7.70. The van der Waals surface area contributed by atoms with E-state index in [4.69, 9.17) is 5.11 Å². The van der Waals surface area contributed by atoms with Gasteiger partial charge in [-0.1, -0.05) is 13.3 Å². The molecule has 0 spiro atoms. The van der Waals surface area contributed by atoms with Crippen molar-refractivity contribution < 1.29 is 13.5 Å². The molecule has 1 aromatic rings. The summed E-state index contributed by atoms with van der Waals surface area (Å²) in [7, 11) is -3.48. The van der Waals surface area contributed by atoms with Crippen LogP contribution < -0.4 is 4.72 Å². The number of nitrogens with zero attached hydrogens (tertiary/aromatic N) is 2. The van der Waals surface area contributed by atoms with E-state index in [1.54, 1.807) is 4.68 Å². The van der Waals surface area contributed by atoms with E-state index >= 15 is 0 Å². The predicted octanol–water partition coefficient (Wildman–Crippen LogP) is 1.51. The van der Waals surface area contributed by atoms with Gasteiger partial charge in [-0.15, -0.1) is 0 Å². The van der Waals surface area contributed by atoms with Crippen LogP contribution in [0.5, 0.6) is 0 Å². The Morgan fingerprint density at radius 2 is 2.10 bits per heavy atom. The van der Waals surface area contributed by atoms with Gasteiger partial charge in [0.15, 0.2) is 0 Å². The van der Waals surface area contributed by atoms with Crippen LogP contribution in [-0.2, 0) is 16.6 Å². The van der Waals surface area contributed by atoms with Crippen molar-refractivity contribution in [3.05, 3.63) is 12.4 Å². The zero-order valence-corrected chi connectivity index (χ0v) is 13.3. The summed E-state index contributed by atoms with van der Waals surface area (Å²) in [6.07, 6.45) is 8.66. The normalized spacial score (nSPS) is 23.3. The molecule has 1 saturated carbocycles. The summed E-state index contributed by atoms with van der Waals surface area (Å²) >= 11 is 0. The van der Waals surface area contributed by atoms with E-state index in [2.05, 4.69) is 16.7 Å². The minimum atomic E-state index is -3.48. The molecule has 0 radical (unpaired) electrons. The highest BCUT2D eigenvalue weighted by Crippen LogP contribution is 2.27. The molecular formula is C14H25N3O3S.